The van der Waals surface area contributed by atoms with Gasteiger partial charge >= 0.3 is 5.97 Å². The smallest absolute Gasteiger partial charge is 0.306 e. The van der Waals surface area contributed by atoms with Crippen molar-refractivity contribution in [3.05, 3.63) is 97.2 Å². The van der Waals surface area contributed by atoms with Crippen molar-refractivity contribution in [2.75, 3.05) is 13.2 Å². The van der Waals surface area contributed by atoms with Crippen LogP contribution >= 0.6 is 0 Å². The lowest BCUT2D eigenvalue weighted by Crippen LogP contribution is -2.61. The Hall–Kier alpha value is -3.42. The van der Waals surface area contributed by atoms with E-state index in [1.807, 2.05) is 6.08 Å². The Morgan fingerprint density at radius 1 is 0.476 bits per heavy atom. The van der Waals surface area contributed by atoms with Crippen molar-refractivity contribution >= 4 is 11.9 Å². The summed E-state index contributed by atoms with van der Waals surface area (Å²) in [6, 6.07) is -1.04. The van der Waals surface area contributed by atoms with E-state index in [2.05, 4.69) is 111 Å². The highest BCUT2D eigenvalue weighted by atomic mass is 16.7. The SMILES string of the molecule is CCCCC/C=C\C/C=C\C/C=C\C/C=C\CCCCCC(=O)OC1C(OCC(NC(=O)C(O)CCCCCCCCCCC/C=C\C/C=C\C/C=C\CCCCC)C(O)/C=C/CCCCCCCCCCCC)OC(CO)C(O)C1O. The molecule has 8 atom stereocenters. The van der Waals surface area contributed by atoms with Crippen LogP contribution in [0.4, 0.5) is 0 Å². The number of allylic oxidation sites excluding steroid dienone is 15. The van der Waals surface area contributed by atoms with E-state index >= 15 is 0 Å². The molecule has 1 amide bonds. The number of carbonyl (C=O) groups excluding carboxylic acids is 2. The van der Waals surface area contributed by atoms with Crippen molar-refractivity contribution in [2.24, 2.45) is 0 Å². The molecule has 11 nitrogen and oxygen atoms in total. The molecule has 0 spiro atoms. The van der Waals surface area contributed by atoms with E-state index in [0.717, 1.165) is 96.3 Å². The fourth-order valence-corrected chi connectivity index (χ4v) is 9.88. The van der Waals surface area contributed by atoms with Gasteiger partial charge in [-0.05, 0) is 109 Å². The number of hydrogen-bond acceptors (Lipinski definition) is 10. The Bertz CT molecular complexity index is 1700. The Morgan fingerprint density at radius 3 is 1.28 bits per heavy atom. The predicted molar refractivity (Wildman–Crippen MR) is 342 cm³/mol. The van der Waals surface area contributed by atoms with Crippen LogP contribution < -0.4 is 5.32 Å². The van der Waals surface area contributed by atoms with Gasteiger partial charge in [0.25, 0.3) is 0 Å². The van der Waals surface area contributed by atoms with Gasteiger partial charge in [-0.3, -0.25) is 9.59 Å². The molecule has 0 bridgehead atoms. The van der Waals surface area contributed by atoms with Crippen LogP contribution in [0.2, 0.25) is 0 Å². The highest BCUT2D eigenvalue weighted by Gasteiger charge is 2.47. The van der Waals surface area contributed by atoms with Crippen molar-refractivity contribution < 1.29 is 49.3 Å². The van der Waals surface area contributed by atoms with Crippen molar-refractivity contribution in [3.63, 3.8) is 0 Å². The number of carbonyl (C=O) groups is 2. The van der Waals surface area contributed by atoms with Crippen LogP contribution in [-0.4, -0.2) is 99.6 Å². The largest absolute Gasteiger partial charge is 0.454 e. The molecule has 0 aliphatic carbocycles. The molecule has 8 unspecified atom stereocenters. The third-order valence-corrected chi connectivity index (χ3v) is 15.2. The Kier molecular flexibility index (Phi) is 54.2. The minimum Gasteiger partial charge on any atom is -0.454 e. The summed E-state index contributed by atoms with van der Waals surface area (Å²) in [6.45, 7) is 5.72. The highest BCUT2D eigenvalue weighted by molar-refractivity contribution is 5.80. The summed E-state index contributed by atoms with van der Waals surface area (Å²) >= 11 is 0. The van der Waals surface area contributed by atoms with Crippen LogP contribution in [0.3, 0.4) is 0 Å². The lowest BCUT2D eigenvalue weighted by molar-refractivity contribution is -0.305. The van der Waals surface area contributed by atoms with Gasteiger partial charge in [-0.2, -0.15) is 0 Å². The van der Waals surface area contributed by atoms with E-state index in [1.54, 1.807) is 6.08 Å². The van der Waals surface area contributed by atoms with Gasteiger partial charge in [-0.15, -0.1) is 0 Å². The molecule has 1 aliphatic rings. The lowest BCUT2D eigenvalue weighted by Gasteiger charge is -2.41. The zero-order valence-corrected chi connectivity index (χ0v) is 52.3. The molecule has 82 heavy (non-hydrogen) atoms. The Labute approximate surface area is 501 Å². The molecule has 1 rings (SSSR count). The molecule has 1 fully saturated rings. The van der Waals surface area contributed by atoms with E-state index < -0.39 is 67.4 Å². The second-order valence-electron chi connectivity index (χ2n) is 22.8. The van der Waals surface area contributed by atoms with Gasteiger partial charge < -0.3 is 45.1 Å². The minimum atomic E-state index is -1.63. The summed E-state index contributed by atoms with van der Waals surface area (Å²) in [7, 11) is 0. The number of aliphatic hydroxyl groups excluding tert-OH is 5. The van der Waals surface area contributed by atoms with Crippen LogP contribution in [-0.2, 0) is 23.8 Å². The molecule has 1 saturated heterocycles. The van der Waals surface area contributed by atoms with E-state index in [1.165, 1.54) is 135 Å². The number of aliphatic hydroxyl groups is 5. The van der Waals surface area contributed by atoms with Crippen LogP contribution in [0.25, 0.3) is 0 Å². The summed E-state index contributed by atoms with van der Waals surface area (Å²) in [5.41, 5.74) is 0. The number of esters is 1. The predicted octanol–water partition coefficient (Wildman–Crippen LogP) is 16.7. The summed E-state index contributed by atoms with van der Waals surface area (Å²) < 4.78 is 17.6. The first-order valence-corrected chi connectivity index (χ1v) is 33.5. The topological polar surface area (TPSA) is 175 Å². The number of ether oxygens (including phenoxy) is 3. The third kappa shape index (κ3) is 45.0. The minimum absolute atomic E-state index is 0.0817. The number of hydrogen-bond donors (Lipinski definition) is 6. The van der Waals surface area contributed by atoms with Crippen LogP contribution in [0.5, 0.6) is 0 Å². The zero-order chi connectivity index (χ0) is 59.6. The van der Waals surface area contributed by atoms with Gasteiger partial charge in [0.2, 0.25) is 5.91 Å². The number of unbranched alkanes of at least 4 members (excludes halogenated alkanes) is 28. The third-order valence-electron chi connectivity index (χ3n) is 15.2. The fourth-order valence-electron chi connectivity index (χ4n) is 9.88. The monoisotopic (exact) mass is 1150 g/mol. The molecule has 11 heteroatoms. The van der Waals surface area contributed by atoms with Gasteiger partial charge in [0, 0.05) is 6.42 Å². The maximum Gasteiger partial charge on any atom is 0.306 e. The molecular weight excluding hydrogens is 1030 g/mol. The molecule has 472 valence electrons. The molecule has 1 aliphatic heterocycles. The maximum absolute atomic E-state index is 13.5. The molecule has 0 saturated carbocycles. The number of nitrogens with one attached hydrogen (secondary N) is 1. The number of amides is 1. The van der Waals surface area contributed by atoms with E-state index in [0.29, 0.717) is 12.8 Å². The van der Waals surface area contributed by atoms with Gasteiger partial charge in [0.05, 0.1) is 25.4 Å². The fraction of sp³-hybridized carbons (Fsp3) is 0.746. The van der Waals surface area contributed by atoms with Crippen molar-refractivity contribution in [1.29, 1.82) is 0 Å². The molecule has 1 heterocycles. The highest BCUT2D eigenvalue weighted by Crippen LogP contribution is 2.26. The van der Waals surface area contributed by atoms with Gasteiger partial charge in [0.15, 0.2) is 12.4 Å². The maximum atomic E-state index is 13.5. The summed E-state index contributed by atoms with van der Waals surface area (Å²) in [6.07, 6.45) is 67.2. The summed E-state index contributed by atoms with van der Waals surface area (Å²) in [5, 5.41) is 57.1. The second-order valence-corrected chi connectivity index (χ2v) is 22.8. The van der Waals surface area contributed by atoms with E-state index in [9.17, 15) is 35.1 Å². The Morgan fingerprint density at radius 2 is 0.841 bits per heavy atom. The number of rotatable bonds is 56. The summed E-state index contributed by atoms with van der Waals surface area (Å²) in [5.74, 6) is -1.23. The van der Waals surface area contributed by atoms with Crippen molar-refractivity contribution in [3.8, 4) is 0 Å². The van der Waals surface area contributed by atoms with Crippen LogP contribution in [0, 0.1) is 0 Å². The second kappa shape index (κ2) is 58.0. The molecule has 0 radical (unpaired) electrons. The van der Waals surface area contributed by atoms with Gasteiger partial charge in [-0.1, -0.05) is 259 Å². The molecule has 6 N–H and O–H groups in total. The van der Waals surface area contributed by atoms with E-state index in [4.69, 9.17) is 14.2 Å². The quantitative estimate of drug-likeness (QED) is 0.0195. The standard InChI is InChI=1S/C71H123NO10/c1-4-7-10-13-16-19-22-25-27-29-31-32-33-35-36-38-40-43-46-49-52-55-58-64(75)70(79)72-62(63(74)57-54-51-48-45-42-24-21-18-15-12-9-6-3)61-80-71-69(68(78)67(77)65(60-73)81-71)82-66(76)59-56-53-50-47-44-41-39-37-34-30-28-26-23-20-17-14-11-8-5-2/h16-17,19-20,25-28,31-32,34,37,41,44,54,57,62-65,67-69,71,73-75,77-78H,4-15,18,21-24,29-30,33,35-36,38-40,42-43,45-53,55-56,58-61H2,1-3H3,(H,72,79)/b19-16-,20-17-,27-25-,28-26-,32-31-,37-34-,44-41-,57-54+. The first kappa shape index (κ1) is 76.6. The lowest BCUT2D eigenvalue weighted by atomic mass is 9.99. The van der Waals surface area contributed by atoms with Crippen molar-refractivity contribution in [2.45, 2.75) is 327 Å². The molecular formula is C71H123NO10. The Balaban J connectivity index is 2.66. The average Bonchev–Trinajstić information content (AvgIpc) is 3.44. The van der Waals surface area contributed by atoms with Crippen LogP contribution in [0.15, 0.2) is 97.2 Å². The zero-order valence-electron chi connectivity index (χ0n) is 52.3. The first-order valence-electron chi connectivity index (χ1n) is 33.5. The average molecular weight is 1150 g/mol. The summed E-state index contributed by atoms with van der Waals surface area (Å²) in [4.78, 5) is 26.6. The molecule has 0 aromatic carbocycles. The van der Waals surface area contributed by atoms with Crippen LogP contribution in [0.1, 0.15) is 278 Å². The molecule has 0 aromatic heterocycles. The molecule has 0 aromatic rings. The van der Waals surface area contributed by atoms with E-state index in [-0.39, 0.29) is 19.4 Å². The van der Waals surface area contributed by atoms with Gasteiger partial charge in [-0.25, -0.2) is 0 Å². The first-order chi connectivity index (χ1) is 40.2. The normalized spacial score (nSPS) is 19.2. The van der Waals surface area contributed by atoms with Crippen molar-refractivity contribution in [1.82, 2.24) is 5.32 Å². The van der Waals surface area contributed by atoms with Gasteiger partial charge in [0.1, 0.15) is 24.4 Å².